The van der Waals surface area contributed by atoms with Crippen LogP contribution in [0, 0.1) is 5.82 Å². The van der Waals surface area contributed by atoms with Crippen molar-refractivity contribution in [1.29, 1.82) is 0 Å². The van der Waals surface area contributed by atoms with E-state index in [2.05, 4.69) is 15.9 Å². The maximum absolute atomic E-state index is 13.1. The van der Waals surface area contributed by atoms with Gasteiger partial charge in [-0.3, -0.25) is 0 Å². The molecular weight excluding hydrogens is 309 g/mol. The fraction of sp³-hybridized carbons (Fsp3) is 0.200. The van der Waals surface area contributed by atoms with E-state index in [1.807, 2.05) is 31.2 Å². The van der Waals surface area contributed by atoms with E-state index < -0.39 is 0 Å². The van der Waals surface area contributed by atoms with Gasteiger partial charge in [-0.2, -0.15) is 0 Å². The highest BCUT2D eigenvalue weighted by atomic mass is 79.9. The first-order chi connectivity index (χ1) is 9.06. The third-order valence-corrected chi connectivity index (χ3v) is 3.24. The average molecular weight is 324 g/mol. The van der Waals surface area contributed by atoms with E-state index in [4.69, 9.17) is 10.5 Å². The molecule has 1 unspecified atom stereocenters. The zero-order valence-corrected chi connectivity index (χ0v) is 12.2. The largest absolute Gasteiger partial charge is 0.489 e. The summed E-state index contributed by atoms with van der Waals surface area (Å²) in [5.41, 5.74) is 7.63. The van der Waals surface area contributed by atoms with Crippen LogP contribution in [0.4, 0.5) is 4.39 Å². The Morgan fingerprint density at radius 1 is 1.26 bits per heavy atom. The summed E-state index contributed by atoms with van der Waals surface area (Å²) in [6, 6.07) is 11.9. The van der Waals surface area contributed by atoms with Crippen LogP contribution >= 0.6 is 15.9 Å². The van der Waals surface area contributed by atoms with Crippen molar-refractivity contribution in [2.45, 2.75) is 19.6 Å². The molecule has 0 saturated heterocycles. The fourth-order valence-corrected chi connectivity index (χ4v) is 2.17. The van der Waals surface area contributed by atoms with Crippen molar-refractivity contribution in [2.24, 2.45) is 5.73 Å². The molecule has 2 aromatic carbocycles. The first-order valence-corrected chi connectivity index (χ1v) is 6.78. The Bertz CT molecular complexity index is 572. The molecule has 2 N–H and O–H groups in total. The second-order valence-electron chi connectivity index (χ2n) is 4.39. The molecule has 2 aromatic rings. The Labute approximate surface area is 120 Å². The molecule has 2 rings (SSSR count). The molecule has 0 heterocycles. The first-order valence-electron chi connectivity index (χ1n) is 5.98. The summed E-state index contributed by atoms with van der Waals surface area (Å²) in [4.78, 5) is 0. The van der Waals surface area contributed by atoms with Gasteiger partial charge in [0.05, 0.1) is 0 Å². The minimum atomic E-state index is -0.260. The molecule has 4 heteroatoms. The lowest BCUT2D eigenvalue weighted by atomic mass is 10.1. The Hall–Kier alpha value is -1.39. The van der Waals surface area contributed by atoms with Gasteiger partial charge in [0.25, 0.3) is 0 Å². The van der Waals surface area contributed by atoms with Crippen LogP contribution in [0.15, 0.2) is 46.9 Å². The number of halogens is 2. The third kappa shape index (κ3) is 3.78. The Morgan fingerprint density at radius 2 is 2.05 bits per heavy atom. The van der Waals surface area contributed by atoms with Crippen molar-refractivity contribution in [3.8, 4) is 5.75 Å². The van der Waals surface area contributed by atoms with Crippen molar-refractivity contribution in [3.05, 3.63) is 63.9 Å². The second-order valence-corrected chi connectivity index (χ2v) is 5.31. The van der Waals surface area contributed by atoms with Crippen molar-refractivity contribution in [3.63, 3.8) is 0 Å². The molecule has 0 spiro atoms. The van der Waals surface area contributed by atoms with E-state index >= 15 is 0 Å². The Balaban J connectivity index is 2.15. The SMILES string of the molecule is CC(N)c1cc(Br)ccc1OCc1cccc(F)c1. The highest BCUT2D eigenvalue weighted by molar-refractivity contribution is 9.10. The summed E-state index contributed by atoms with van der Waals surface area (Å²) in [5, 5.41) is 0. The van der Waals surface area contributed by atoms with Gasteiger partial charge in [0.15, 0.2) is 0 Å². The van der Waals surface area contributed by atoms with Gasteiger partial charge in [0.2, 0.25) is 0 Å². The van der Waals surface area contributed by atoms with Crippen molar-refractivity contribution >= 4 is 15.9 Å². The summed E-state index contributed by atoms with van der Waals surface area (Å²) in [6.07, 6.45) is 0. The summed E-state index contributed by atoms with van der Waals surface area (Å²) in [5.74, 6) is 0.465. The number of benzene rings is 2. The molecule has 0 saturated carbocycles. The van der Waals surface area contributed by atoms with Gasteiger partial charge in [0.1, 0.15) is 18.2 Å². The van der Waals surface area contributed by atoms with Crippen molar-refractivity contribution < 1.29 is 9.13 Å². The summed E-state index contributed by atoms with van der Waals surface area (Å²) < 4.78 is 19.8. The second kappa shape index (κ2) is 6.17. The quantitative estimate of drug-likeness (QED) is 0.915. The maximum atomic E-state index is 13.1. The summed E-state index contributed by atoms with van der Waals surface area (Å²) >= 11 is 3.41. The minimum absolute atomic E-state index is 0.125. The molecule has 0 aliphatic heterocycles. The lowest BCUT2D eigenvalue weighted by Crippen LogP contribution is -2.08. The van der Waals surface area contributed by atoms with E-state index in [0.717, 1.165) is 21.3 Å². The standard InChI is InChI=1S/C15H15BrFNO/c1-10(18)14-8-12(16)5-6-15(14)19-9-11-3-2-4-13(17)7-11/h2-8,10H,9,18H2,1H3. The van der Waals surface area contributed by atoms with Crippen molar-refractivity contribution in [2.75, 3.05) is 0 Å². The summed E-state index contributed by atoms with van der Waals surface area (Å²) in [7, 11) is 0. The molecule has 19 heavy (non-hydrogen) atoms. The lowest BCUT2D eigenvalue weighted by molar-refractivity contribution is 0.301. The summed E-state index contributed by atoms with van der Waals surface area (Å²) in [6.45, 7) is 2.22. The van der Waals surface area contributed by atoms with E-state index in [1.165, 1.54) is 12.1 Å². The van der Waals surface area contributed by atoms with Gasteiger partial charge in [-0.1, -0.05) is 28.1 Å². The van der Waals surface area contributed by atoms with Crippen LogP contribution in [0.2, 0.25) is 0 Å². The zero-order chi connectivity index (χ0) is 13.8. The molecule has 0 amide bonds. The van der Waals surface area contributed by atoms with Crippen LogP contribution in [-0.4, -0.2) is 0 Å². The highest BCUT2D eigenvalue weighted by Crippen LogP contribution is 2.28. The first kappa shape index (κ1) is 14.0. The normalized spacial score (nSPS) is 12.2. The highest BCUT2D eigenvalue weighted by Gasteiger charge is 2.09. The van der Waals surface area contributed by atoms with Crippen LogP contribution in [0.3, 0.4) is 0 Å². The maximum Gasteiger partial charge on any atom is 0.124 e. The van der Waals surface area contributed by atoms with Gasteiger partial charge in [0, 0.05) is 16.1 Å². The number of rotatable bonds is 4. The van der Waals surface area contributed by atoms with E-state index in [9.17, 15) is 4.39 Å². The molecule has 0 aliphatic rings. The zero-order valence-electron chi connectivity index (χ0n) is 10.6. The smallest absolute Gasteiger partial charge is 0.124 e. The minimum Gasteiger partial charge on any atom is -0.489 e. The van der Waals surface area contributed by atoms with Crippen LogP contribution in [0.25, 0.3) is 0 Å². The fourth-order valence-electron chi connectivity index (χ4n) is 1.79. The predicted molar refractivity (Wildman–Crippen MR) is 77.5 cm³/mol. The van der Waals surface area contributed by atoms with Gasteiger partial charge < -0.3 is 10.5 Å². The molecule has 0 aliphatic carbocycles. The topological polar surface area (TPSA) is 35.2 Å². The monoisotopic (exact) mass is 323 g/mol. The number of hydrogen-bond acceptors (Lipinski definition) is 2. The molecule has 0 bridgehead atoms. The van der Waals surface area contributed by atoms with Crippen LogP contribution in [-0.2, 0) is 6.61 Å². The molecule has 100 valence electrons. The number of hydrogen-bond donors (Lipinski definition) is 1. The molecule has 0 aromatic heterocycles. The molecular formula is C15H15BrFNO. The third-order valence-electron chi connectivity index (χ3n) is 2.75. The van der Waals surface area contributed by atoms with Crippen molar-refractivity contribution in [1.82, 2.24) is 0 Å². The average Bonchev–Trinajstić information content (AvgIpc) is 2.37. The van der Waals surface area contributed by atoms with Gasteiger partial charge in [-0.15, -0.1) is 0 Å². The van der Waals surface area contributed by atoms with Gasteiger partial charge in [-0.25, -0.2) is 4.39 Å². The van der Waals surface area contributed by atoms with Crippen LogP contribution in [0.1, 0.15) is 24.1 Å². The van der Waals surface area contributed by atoms with E-state index in [-0.39, 0.29) is 11.9 Å². The Morgan fingerprint density at radius 3 is 2.74 bits per heavy atom. The van der Waals surface area contributed by atoms with Gasteiger partial charge >= 0.3 is 0 Å². The number of ether oxygens (including phenoxy) is 1. The molecule has 1 atom stereocenters. The predicted octanol–water partition coefficient (Wildman–Crippen LogP) is 4.19. The van der Waals surface area contributed by atoms with Gasteiger partial charge in [-0.05, 0) is 42.8 Å². The molecule has 0 fully saturated rings. The van der Waals surface area contributed by atoms with E-state index in [1.54, 1.807) is 6.07 Å². The van der Waals surface area contributed by atoms with Crippen LogP contribution in [0.5, 0.6) is 5.75 Å². The molecule has 0 radical (unpaired) electrons. The van der Waals surface area contributed by atoms with E-state index in [0.29, 0.717) is 6.61 Å². The Kier molecular flexibility index (Phi) is 4.56. The lowest BCUT2D eigenvalue weighted by Gasteiger charge is -2.14. The number of nitrogens with two attached hydrogens (primary N) is 1. The molecule has 2 nitrogen and oxygen atoms in total. The van der Waals surface area contributed by atoms with Crippen LogP contribution < -0.4 is 10.5 Å².